The quantitative estimate of drug-likeness (QED) is 0.350. The van der Waals surface area contributed by atoms with Gasteiger partial charge >= 0.3 is 0 Å². The third kappa shape index (κ3) is 5.56. The molecule has 1 aromatic rings. The van der Waals surface area contributed by atoms with E-state index in [1.165, 1.54) is 0 Å². The lowest BCUT2D eigenvalue weighted by molar-refractivity contribution is -0.120. The van der Waals surface area contributed by atoms with Crippen LogP contribution in [0.2, 0.25) is 0 Å². The topological polar surface area (TPSA) is 99.9 Å². The molecule has 27 heavy (non-hydrogen) atoms. The van der Waals surface area contributed by atoms with E-state index in [9.17, 15) is 13.2 Å². The Bertz CT molecular complexity index is 794. The molecule has 11 heteroatoms. The fourth-order valence-electron chi connectivity index (χ4n) is 3.33. The molecule has 0 radical (unpaired) electrons. The van der Waals surface area contributed by atoms with Crippen LogP contribution < -0.4 is 10.2 Å². The number of amides is 1. The molecule has 152 valence electrons. The highest BCUT2D eigenvalue weighted by Crippen LogP contribution is 2.19. The van der Waals surface area contributed by atoms with Crippen LogP contribution in [0.15, 0.2) is 17.4 Å². The first-order valence-corrected chi connectivity index (χ1v) is 10.7. The number of hydrogen-bond donors (Lipinski definition) is 1. The van der Waals surface area contributed by atoms with Gasteiger partial charge < -0.3 is 15.1 Å². The molecular formula is C16H27IN6O3S. The van der Waals surface area contributed by atoms with Crippen molar-refractivity contribution in [3.8, 4) is 0 Å². The first kappa shape index (κ1) is 21.9. The number of carbonyl (C=O) groups is 1. The predicted octanol–water partition coefficient (Wildman–Crippen LogP) is 0.0869. The molecule has 3 rings (SSSR count). The van der Waals surface area contributed by atoms with Crippen molar-refractivity contribution >= 4 is 51.4 Å². The highest BCUT2D eigenvalue weighted by Gasteiger charge is 2.30. The molecule has 0 aromatic carbocycles. The summed E-state index contributed by atoms with van der Waals surface area (Å²) < 4.78 is 24.9. The number of aromatic nitrogens is 2. The zero-order chi connectivity index (χ0) is 18.7. The molecule has 0 saturated carbocycles. The first-order chi connectivity index (χ1) is 12.4. The van der Waals surface area contributed by atoms with Crippen LogP contribution in [0.25, 0.3) is 0 Å². The molecule has 1 amide bonds. The van der Waals surface area contributed by atoms with E-state index in [1.54, 1.807) is 15.8 Å². The van der Waals surface area contributed by atoms with Gasteiger partial charge in [-0.2, -0.15) is 5.10 Å². The molecule has 2 aliphatic heterocycles. The fourth-order valence-corrected chi connectivity index (χ4v) is 5.18. The van der Waals surface area contributed by atoms with Gasteiger partial charge in [0.15, 0.2) is 15.8 Å². The summed E-state index contributed by atoms with van der Waals surface area (Å²) in [6.07, 6.45) is 4.18. The molecule has 1 atom stereocenters. The van der Waals surface area contributed by atoms with Gasteiger partial charge in [-0.05, 0) is 19.3 Å². The minimum atomic E-state index is -2.90. The van der Waals surface area contributed by atoms with E-state index in [2.05, 4.69) is 15.4 Å². The molecule has 0 bridgehead atoms. The van der Waals surface area contributed by atoms with Crippen molar-refractivity contribution in [2.75, 3.05) is 49.1 Å². The number of guanidine groups is 1. The van der Waals surface area contributed by atoms with Crippen LogP contribution in [-0.4, -0.2) is 79.2 Å². The summed E-state index contributed by atoms with van der Waals surface area (Å²) in [6, 6.07) is 0. The second-order valence-electron chi connectivity index (χ2n) is 6.80. The average Bonchev–Trinajstić information content (AvgIpc) is 3.16. The van der Waals surface area contributed by atoms with Gasteiger partial charge in [-0.1, -0.05) is 0 Å². The maximum Gasteiger partial charge on any atom is 0.246 e. The summed E-state index contributed by atoms with van der Waals surface area (Å²) in [6.45, 7) is 4.60. The van der Waals surface area contributed by atoms with E-state index >= 15 is 0 Å². The molecule has 1 aromatic heterocycles. The van der Waals surface area contributed by atoms with Crippen LogP contribution in [0.1, 0.15) is 13.3 Å². The normalized spacial score (nSPS) is 22.7. The lowest BCUT2D eigenvalue weighted by atomic mass is 10.1. The van der Waals surface area contributed by atoms with Crippen LogP contribution >= 0.6 is 24.0 Å². The molecular weight excluding hydrogens is 483 g/mol. The van der Waals surface area contributed by atoms with Crippen molar-refractivity contribution in [3.05, 3.63) is 12.4 Å². The smallest absolute Gasteiger partial charge is 0.246 e. The fraction of sp³-hybridized carbons (Fsp3) is 0.688. The molecule has 2 saturated heterocycles. The van der Waals surface area contributed by atoms with E-state index < -0.39 is 9.84 Å². The second-order valence-corrected chi connectivity index (χ2v) is 9.03. The predicted molar refractivity (Wildman–Crippen MR) is 115 cm³/mol. The molecule has 9 nitrogen and oxygen atoms in total. The molecule has 2 fully saturated rings. The lowest BCUT2D eigenvalue weighted by Crippen LogP contribution is -2.55. The van der Waals surface area contributed by atoms with Crippen LogP contribution in [-0.2, 0) is 21.7 Å². The number of halogens is 1. The highest BCUT2D eigenvalue weighted by molar-refractivity contribution is 14.0. The van der Waals surface area contributed by atoms with Crippen LogP contribution in [0.5, 0.6) is 0 Å². The first-order valence-electron chi connectivity index (χ1n) is 8.90. The number of nitrogens with one attached hydrogen (secondary N) is 1. The third-order valence-electron chi connectivity index (χ3n) is 4.68. The van der Waals surface area contributed by atoms with Gasteiger partial charge in [-0.15, -0.1) is 24.0 Å². The van der Waals surface area contributed by atoms with Crippen LogP contribution in [0.4, 0.5) is 5.69 Å². The van der Waals surface area contributed by atoms with Gasteiger partial charge in [0, 0.05) is 39.4 Å². The largest absolute Gasteiger partial charge is 0.357 e. The summed E-state index contributed by atoms with van der Waals surface area (Å²) in [5.74, 6) is 1.21. The van der Waals surface area contributed by atoms with Crippen LogP contribution in [0, 0.1) is 5.92 Å². The number of carbonyl (C=O) groups excluding carboxylic acids is 1. The van der Waals surface area contributed by atoms with Crippen LogP contribution in [0.3, 0.4) is 0 Å². The monoisotopic (exact) mass is 510 g/mol. The van der Waals surface area contributed by atoms with Gasteiger partial charge in [-0.3, -0.25) is 14.5 Å². The number of anilines is 1. The molecule has 0 spiro atoms. The number of nitrogens with zero attached hydrogens (tertiary/aromatic N) is 5. The Hall–Kier alpha value is -1.37. The Balaban J connectivity index is 0.00000261. The molecule has 1 N–H and O–H groups in total. The second kappa shape index (κ2) is 9.22. The number of rotatable bonds is 4. The minimum absolute atomic E-state index is 0. The summed E-state index contributed by atoms with van der Waals surface area (Å²) in [4.78, 5) is 20.8. The summed E-state index contributed by atoms with van der Waals surface area (Å²) >= 11 is 0. The van der Waals surface area contributed by atoms with Crippen molar-refractivity contribution in [3.63, 3.8) is 0 Å². The van der Waals surface area contributed by atoms with E-state index in [1.807, 2.05) is 25.1 Å². The Morgan fingerprint density at radius 2 is 2.19 bits per heavy atom. The lowest BCUT2D eigenvalue weighted by Gasteiger charge is -2.35. The van der Waals surface area contributed by atoms with E-state index in [0.29, 0.717) is 38.6 Å². The maximum atomic E-state index is 12.6. The number of aliphatic imine (C=N–C) groups is 1. The van der Waals surface area contributed by atoms with Crippen molar-refractivity contribution < 1.29 is 13.2 Å². The number of sulfone groups is 1. The SMILES string of the molecule is CCNC(=NCC1CCS(=O)(=O)C1)N1CCN(c2cnn(C)c2)C(=O)C1.I. The molecule has 1 unspecified atom stereocenters. The Morgan fingerprint density at radius 1 is 1.41 bits per heavy atom. The highest BCUT2D eigenvalue weighted by atomic mass is 127. The number of piperazine rings is 1. The van der Waals surface area contributed by atoms with Gasteiger partial charge in [0.05, 0.1) is 23.4 Å². The molecule has 3 heterocycles. The minimum Gasteiger partial charge on any atom is -0.357 e. The third-order valence-corrected chi connectivity index (χ3v) is 6.52. The van der Waals surface area contributed by atoms with E-state index in [0.717, 1.165) is 5.69 Å². The average molecular weight is 510 g/mol. The van der Waals surface area contributed by atoms with Gasteiger partial charge in [0.1, 0.15) is 6.54 Å². The number of hydrogen-bond acceptors (Lipinski definition) is 5. The maximum absolute atomic E-state index is 12.6. The Kier molecular flexibility index (Phi) is 7.48. The standard InChI is InChI=1S/C16H26N6O3S.HI/c1-3-17-16(18-8-13-4-7-26(24,25)12-13)21-5-6-22(15(23)11-21)14-9-19-20(2)10-14;/h9-10,13H,3-8,11-12H2,1-2H3,(H,17,18);1H. The van der Waals surface area contributed by atoms with Crippen molar-refractivity contribution in [2.24, 2.45) is 18.0 Å². The summed E-state index contributed by atoms with van der Waals surface area (Å²) in [5, 5.41) is 7.33. The van der Waals surface area contributed by atoms with Crippen molar-refractivity contribution in [1.29, 1.82) is 0 Å². The van der Waals surface area contributed by atoms with Gasteiger partial charge in [0.25, 0.3) is 0 Å². The molecule has 2 aliphatic rings. The Labute approximate surface area is 177 Å². The van der Waals surface area contributed by atoms with E-state index in [-0.39, 0.29) is 53.9 Å². The summed E-state index contributed by atoms with van der Waals surface area (Å²) in [5.41, 5.74) is 0.801. The summed E-state index contributed by atoms with van der Waals surface area (Å²) in [7, 11) is -1.07. The van der Waals surface area contributed by atoms with Gasteiger partial charge in [-0.25, -0.2) is 8.42 Å². The van der Waals surface area contributed by atoms with Crippen molar-refractivity contribution in [2.45, 2.75) is 13.3 Å². The zero-order valence-electron chi connectivity index (χ0n) is 15.7. The van der Waals surface area contributed by atoms with Gasteiger partial charge in [0.2, 0.25) is 5.91 Å². The Morgan fingerprint density at radius 3 is 2.74 bits per heavy atom. The molecule has 0 aliphatic carbocycles. The van der Waals surface area contributed by atoms with Crippen molar-refractivity contribution in [1.82, 2.24) is 20.0 Å². The van der Waals surface area contributed by atoms with E-state index in [4.69, 9.17) is 0 Å². The number of aryl methyl sites for hydroxylation is 1. The zero-order valence-corrected chi connectivity index (χ0v) is 18.8.